The Morgan fingerprint density at radius 2 is 1.50 bits per heavy atom. The molecule has 4 heteroatoms. The molecule has 1 aliphatic rings. The zero-order valence-corrected chi connectivity index (χ0v) is 18.2. The monoisotopic (exact) mass is 516 g/mol. The van der Waals surface area contributed by atoms with Crippen molar-refractivity contribution in [2.45, 2.75) is 0 Å². The van der Waals surface area contributed by atoms with Crippen LogP contribution in [0.4, 0.5) is 11.4 Å². The van der Waals surface area contributed by atoms with E-state index < -0.39 is 0 Å². The van der Waals surface area contributed by atoms with Gasteiger partial charge in [0.25, 0.3) is 0 Å². The molecule has 0 fully saturated rings. The third-order valence-corrected chi connectivity index (χ3v) is 4.26. The molecule has 0 saturated carbocycles. The Morgan fingerprint density at radius 3 is 2.00 bits per heavy atom. The first-order valence-electron chi connectivity index (χ1n) is 8.47. The van der Waals surface area contributed by atoms with E-state index in [1.807, 2.05) is 104 Å². The minimum absolute atomic E-state index is 0. The molecule has 3 aromatic carbocycles. The van der Waals surface area contributed by atoms with Crippen LogP contribution in [0.2, 0.25) is 0 Å². The van der Waals surface area contributed by atoms with Crippen LogP contribution in [0.25, 0.3) is 0 Å². The maximum absolute atomic E-state index is 4.23. The normalized spacial score (nSPS) is 11.6. The Balaban J connectivity index is 0.000000408. The number of azo groups is 1. The van der Waals surface area contributed by atoms with E-state index in [1.54, 1.807) is 0 Å². The van der Waals surface area contributed by atoms with Crippen LogP contribution < -0.4 is 0 Å². The first-order chi connectivity index (χ1) is 13.3. The summed E-state index contributed by atoms with van der Waals surface area (Å²) in [5.41, 5.74) is 3.66. The van der Waals surface area contributed by atoms with Crippen LogP contribution in [0.1, 0.15) is 11.1 Å². The van der Waals surface area contributed by atoms with Gasteiger partial charge < -0.3 is 0 Å². The zero-order valence-electron chi connectivity index (χ0n) is 14.9. The standard InChI is InChI=1S/C19H12IN2.C5H5.Fe/c20-17-9-13-19(14-10-17)22-21-18-11-7-16(8-12-18)6-5-15-3-1-2-4-15;1-2-4-5-3-1;/h1-4,7-14H;1-5H;/q2*-1;+2. The van der Waals surface area contributed by atoms with Crippen LogP contribution in [0, 0.1) is 34.7 Å². The Bertz CT molecular complexity index is 939. The molecule has 0 heterocycles. The Kier molecular flexibility index (Phi) is 9.71. The van der Waals surface area contributed by atoms with E-state index >= 15 is 0 Å². The quantitative estimate of drug-likeness (QED) is 0.115. The molecule has 3 aromatic rings. The SMILES string of the molecule is Ic1ccc(N=Nc2ccc(C#Cc3ccc[cH-]3)cc2)cc1.[CH]1[CH][CH-]C=C1.[Fe+2]. The number of nitrogens with zero attached hydrogens (tertiary/aromatic N) is 2. The Labute approximate surface area is 191 Å². The van der Waals surface area contributed by atoms with Crippen LogP contribution in [-0.2, 0) is 17.1 Å². The molecule has 0 atom stereocenters. The molecule has 0 amide bonds. The summed E-state index contributed by atoms with van der Waals surface area (Å²) in [7, 11) is 0. The first-order valence-corrected chi connectivity index (χ1v) is 9.55. The topological polar surface area (TPSA) is 24.7 Å². The molecule has 138 valence electrons. The van der Waals surface area contributed by atoms with Gasteiger partial charge in [-0.05, 0) is 71.1 Å². The van der Waals surface area contributed by atoms with Crippen LogP contribution in [-0.4, -0.2) is 0 Å². The fraction of sp³-hybridized carbons (Fsp3) is 0. The summed E-state index contributed by atoms with van der Waals surface area (Å²) in [5.74, 6) is 6.25. The van der Waals surface area contributed by atoms with Gasteiger partial charge in [-0.3, -0.25) is 0 Å². The van der Waals surface area contributed by atoms with Crippen molar-refractivity contribution in [2.75, 3.05) is 0 Å². The summed E-state index contributed by atoms with van der Waals surface area (Å²) in [5, 5.41) is 8.45. The molecule has 28 heavy (non-hydrogen) atoms. The molecule has 0 N–H and O–H groups in total. The summed E-state index contributed by atoms with van der Waals surface area (Å²) < 4.78 is 1.18. The van der Waals surface area contributed by atoms with Crippen LogP contribution in [0.3, 0.4) is 0 Å². The van der Waals surface area contributed by atoms with Gasteiger partial charge in [-0.25, -0.2) is 18.6 Å². The molecular formula is C24H17FeIN2. The van der Waals surface area contributed by atoms with E-state index in [4.69, 9.17) is 0 Å². The Hall–Kier alpha value is -2.19. The van der Waals surface area contributed by atoms with E-state index in [-0.39, 0.29) is 17.1 Å². The van der Waals surface area contributed by atoms with E-state index in [9.17, 15) is 0 Å². The summed E-state index contributed by atoms with van der Waals surface area (Å²) in [6.45, 7) is 0. The van der Waals surface area contributed by atoms with E-state index in [2.05, 4.69) is 44.7 Å². The second kappa shape index (κ2) is 12.3. The molecule has 4 rings (SSSR count). The third-order valence-electron chi connectivity index (χ3n) is 3.54. The van der Waals surface area contributed by atoms with Gasteiger partial charge in [0.1, 0.15) is 0 Å². The Morgan fingerprint density at radius 1 is 0.821 bits per heavy atom. The largest absolute Gasteiger partial charge is 2.00 e. The number of allylic oxidation sites excluding steroid dienone is 2. The van der Waals surface area contributed by atoms with Crippen LogP contribution in [0.15, 0.2) is 95.2 Å². The van der Waals surface area contributed by atoms with E-state index in [0.29, 0.717) is 0 Å². The smallest absolute Gasteiger partial charge is 0.231 e. The molecule has 0 bridgehead atoms. The van der Waals surface area contributed by atoms with Crippen molar-refractivity contribution in [1.82, 2.24) is 0 Å². The van der Waals surface area contributed by atoms with Crippen molar-refractivity contribution in [1.29, 1.82) is 0 Å². The number of halogens is 1. The van der Waals surface area contributed by atoms with Crippen molar-refractivity contribution in [2.24, 2.45) is 10.2 Å². The molecule has 0 saturated heterocycles. The van der Waals surface area contributed by atoms with Gasteiger partial charge in [0.05, 0.1) is 11.4 Å². The average molecular weight is 516 g/mol. The average Bonchev–Trinajstić information content (AvgIpc) is 3.43. The van der Waals surface area contributed by atoms with Gasteiger partial charge in [0, 0.05) is 9.13 Å². The maximum atomic E-state index is 4.23. The van der Waals surface area contributed by atoms with Gasteiger partial charge >= 0.3 is 17.1 Å². The zero-order chi connectivity index (χ0) is 18.7. The maximum Gasteiger partial charge on any atom is 2.00 e. The van der Waals surface area contributed by atoms with Crippen molar-refractivity contribution in [3.63, 3.8) is 0 Å². The van der Waals surface area contributed by atoms with Gasteiger partial charge in [0.2, 0.25) is 0 Å². The molecule has 0 spiro atoms. The predicted molar refractivity (Wildman–Crippen MR) is 120 cm³/mol. The minimum Gasteiger partial charge on any atom is -0.231 e. The molecule has 0 aromatic heterocycles. The van der Waals surface area contributed by atoms with Gasteiger partial charge in [-0.1, -0.05) is 0 Å². The summed E-state index contributed by atoms with van der Waals surface area (Å²) in [4.78, 5) is 0. The fourth-order valence-corrected chi connectivity index (χ4v) is 2.52. The number of hydrogen-bond donors (Lipinski definition) is 0. The predicted octanol–water partition coefficient (Wildman–Crippen LogP) is 6.99. The van der Waals surface area contributed by atoms with Crippen molar-refractivity contribution >= 4 is 34.0 Å². The van der Waals surface area contributed by atoms with E-state index in [1.165, 1.54) is 3.57 Å². The number of benzene rings is 2. The van der Waals surface area contributed by atoms with Crippen molar-refractivity contribution in [3.8, 4) is 11.8 Å². The molecule has 1 aliphatic carbocycles. The van der Waals surface area contributed by atoms with Gasteiger partial charge in [-0.2, -0.15) is 34.3 Å². The molecule has 2 nitrogen and oxygen atoms in total. The summed E-state index contributed by atoms with van der Waals surface area (Å²) in [6, 6.07) is 23.6. The van der Waals surface area contributed by atoms with Crippen molar-refractivity contribution < 1.29 is 17.1 Å². The summed E-state index contributed by atoms with van der Waals surface area (Å²) in [6.07, 6.45) is 10.0. The first kappa shape index (κ1) is 22.1. The van der Waals surface area contributed by atoms with Crippen LogP contribution >= 0.6 is 22.6 Å². The number of rotatable bonds is 2. The second-order valence-corrected chi connectivity index (χ2v) is 6.85. The van der Waals surface area contributed by atoms with E-state index in [0.717, 1.165) is 22.5 Å². The molecular weight excluding hydrogens is 499 g/mol. The number of hydrogen-bond acceptors (Lipinski definition) is 2. The summed E-state index contributed by atoms with van der Waals surface area (Å²) >= 11 is 2.27. The third kappa shape index (κ3) is 7.82. The molecule has 0 unspecified atom stereocenters. The minimum atomic E-state index is 0. The van der Waals surface area contributed by atoms with Crippen LogP contribution in [0.5, 0.6) is 0 Å². The molecule has 0 aliphatic heterocycles. The molecule has 2 radical (unpaired) electrons. The van der Waals surface area contributed by atoms with Gasteiger partial charge in [0.15, 0.2) is 0 Å². The van der Waals surface area contributed by atoms with Gasteiger partial charge in [-0.15, -0.1) is 30.4 Å². The van der Waals surface area contributed by atoms with Crippen molar-refractivity contribution in [3.05, 3.63) is 119 Å². The fourth-order valence-electron chi connectivity index (χ4n) is 2.16. The second-order valence-electron chi connectivity index (χ2n) is 5.61.